The van der Waals surface area contributed by atoms with Gasteiger partial charge in [0.05, 0.1) is 6.20 Å². The van der Waals surface area contributed by atoms with Crippen molar-refractivity contribution < 1.29 is 9.53 Å². The van der Waals surface area contributed by atoms with E-state index in [0.717, 1.165) is 50.1 Å². The fourth-order valence-corrected chi connectivity index (χ4v) is 2.99. The summed E-state index contributed by atoms with van der Waals surface area (Å²) in [4.78, 5) is 15.1. The van der Waals surface area contributed by atoms with Crippen LogP contribution in [0.3, 0.4) is 0 Å². The molecule has 1 saturated heterocycles. The van der Waals surface area contributed by atoms with Crippen molar-refractivity contribution in [3.8, 4) is 5.75 Å². The van der Waals surface area contributed by atoms with Crippen LogP contribution in [-0.2, 0) is 11.2 Å². The van der Waals surface area contributed by atoms with E-state index in [-0.39, 0.29) is 5.91 Å². The van der Waals surface area contributed by atoms with Gasteiger partial charge >= 0.3 is 0 Å². The molecule has 1 aliphatic carbocycles. The van der Waals surface area contributed by atoms with Gasteiger partial charge in [0.15, 0.2) is 0 Å². The summed E-state index contributed by atoms with van der Waals surface area (Å²) in [5.41, 5.74) is 1.26. The first kappa shape index (κ1) is 15.3. The van der Waals surface area contributed by atoms with Gasteiger partial charge in [0.25, 0.3) is 0 Å². The zero-order valence-electron chi connectivity index (χ0n) is 13.2. The molecule has 2 aliphatic rings. The lowest BCUT2D eigenvalue weighted by molar-refractivity contribution is -0.118. The number of carbonyl (C=O) groups excluding carboxylic acids is 1. The molecule has 5 heteroatoms. The molecule has 120 valence electrons. The van der Waals surface area contributed by atoms with Gasteiger partial charge in [0.1, 0.15) is 12.4 Å². The first-order chi connectivity index (χ1) is 10.7. The van der Waals surface area contributed by atoms with E-state index >= 15 is 0 Å². The minimum absolute atomic E-state index is 0.0622. The fourth-order valence-electron chi connectivity index (χ4n) is 2.99. The molecule has 5 nitrogen and oxygen atoms in total. The molecule has 1 amide bonds. The number of amides is 1. The van der Waals surface area contributed by atoms with Crippen molar-refractivity contribution in [1.82, 2.24) is 15.6 Å². The Balaban J connectivity index is 1.40. The maximum atomic E-state index is 10.9. The second kappa shape index (κ2) is 7.09. The molecular weight excluding hydrogens is 278 g/mol. The molecule has 0 radical (unpaired) electrons. The molecule has 2 heterocycles. The molecule has 1 aromatic rings. The van der Waals surface area contributed by atoms with Crippen LogP contribution in [0.5, 0.6) is 5.75 Å². The highest BCUT2D eigenvalue weighted by Gasteiger charge is 2.36. The van der Waals surface area contributed by atoms with Gasteiger partial charge in [0.2, 0.25) is 5.91 Å². The highest BCUT2D eigenvalue weighted by Crippen LogP contribution is 2.43. The first-order valence-corrected chi connectivity index (χ1v) is 8.25. The molecule has 0 unspecified atom stereocenters. The number of nitrogens with zero attached hydrogens (tertiary/aromatic N) is 1. The molecule has 1 saturated carbocycles. The summed E-state index contributed by atoms with van der Waals surface area (Å²) < 4.78 is 5.80. The maximum absolute atomic E-state index is 10.9. The van der Waals surface area contributed by atoms with E-state index in [9.17, 15) is 4.79 Å². The van der Waals surface area contributed by atoms with Crippen molar-refractivity contribution in [2.24, 2.45) is 11.8 Å². The summed E-state index contributed by atoms with van der Waals surface area (Å²) in [6.45, 7) is 4.20. The third-order valence-corrected chi connectivity index (χ3v) is 4.60. The van der Waals surface area contributed by atoms with Gasteiger partial charge in [-0.2, -0.15) is 0 Å². The second-order valence-corrected chi connectivity index (χ2v) is 6.51. The van der Waals surface area contributed by atoms with Crippen molar-refractivity contribution in [2.45, 2.75) is 38.6 Å². The van der Waals surface area contributed by atoms with Gasteiger partial charge in [-0.05, 0) is 55.7 Å². The summed E-state index contributed by atoms with van der Waals surface area (Å²) in [6, 6.07) is 2.62. The third kappa shape index (κ3) is 4.44. The molecule has 0 bridgehead atoms. The smallest absolute Gasteiger partial charge is 0.216 e. The lowest BCUT2D eigenvalue weighted by Crippen LogP contribution is -2.46. The van der Waals surface area contributed by atoms with Gasteiger partial charge in [-0.25, -0.2) is 0 Å². The first-order valence-electron chi connectivity index (χ1n) is 8.25. The van der Waals surface area contributed by atoms with Gasteiger partial charge in [-0.1, -0.05) is 0 Å². The number of rotatable bonds is 8. The predicted octanol–water partition coefficient (Wildman–Crippen LogP) is 1.53. The average Bonchev–Trinajstić information content (AvgIpc) is 3.15. The highest BCUT2D eigenvalue weighted by atomic mass is 16.5. The van der Waals surface area contributed by atoms with Crippen LogP contribution in [0, 0.1) is 11.8 Å². The van der Waals surface area contributed by atoms with Crippen molar-refractivity contribution in [2.75, 3.05) is 19.7 Å². The molecular formula is C17H25N3O2. The third-order valence-electron chi connectivity index (χ3n) is 4.60. The van der Waals surface area contributed by atoms with Crippen molar-refractivity contribution in [3.05, 3.63) is 24.0 Å². The number of hydrogen-bond donors (Lipinski definition) is 2. The highest BCUT2D eigenvalue weighted by molar-refractivity contribution is 5.72. The monoisotopic (exact) mass is 303 g/mol. The molecule has 3 atom stereocenters. The standard InChI is InChI=1S/C17H25N3O2/c1-12(21)19-4-2-14-8-15(14)6-13-7-17(10-18-9-13)22-11-16-3-5-20-16/h7,9-10,14-16,20H,2-6,8,11H2,1H3,(H,19,21)/t14-,15+,16-/m0/s1. The zero-order chi connectivity index (χ0) is 15.4. The van der Waals surface area contributed by atoms with Crippen molar-refractivity contribution in [3.63, 3.8) is 0 Å². The Kier molecular flexibility index (Phi) is 4.93. The van der Waals surface area contributed by atoms with Crippen LogP contribution < -0.4 is 15.4 Å². The lowest BCUT2D eigenvalue weighted by atomic mass is 10.1. The summed E-state index contributed by atoms with van der Waals surface area (Å²) in [7, 11) is 0. The Bertz CT molecular complexity index is 516. The van der Waals surface area contributed by atoms with E-state index < -0.39 is 0 Å². The molecule has 0 spiro atoms. The molecule has 1 aliphatic heterocycles. The van der Waals surface area contributed by atoms with Crippen LogP contribution in [0.1, 0.15) is 31.7 Å². The molecule has 3 rings (SSSR count). The topological polar surface area (TPSA) is 63.2 Å². The van der Waals surface area contributed by atoms with Crippen LogP contribution in [0.4, 0.5) is 0 Å². The molecule has 2 N–H and O–H groups in total. The second-order valence-electron chi connectivity index (χ2n) is 6.51. The summed E-state index contributed by atoms with van der Waals surface area (Å²) in [5, 5.41) is 6.20. The van der Waals surface area contributed by atoms with E-state index in [1.165, 1.54) is 18.4 Å². The molecule has 0 aromatic carbocycles. The zero-order valence-corrected chi connectivity index (χ0v) is 13.2. The Hall–Kier alpha value is -1.62. The number of nitrogens with one attached hydrogen (secondary N) is 2. The normalized spacial score (nSPS) is 26.1. The summed E-state index contributed by atoms with van der Waals surface area (Å²) in [5.74, 6) is 2.42. The van der Waals surface area contributed by atoms with E-state index in [0.29, 0.717) is 6.04 Å². The van der Waals surface area contributed by atoms with Crippen LogP contribution in [0.2, 0.25) is 0 Å². The quantitative estimate of drug-likeness (QED) is 0.764. The minimum atomic E-state index is 0.0622. The van der Waals surface area contributed by atoms with E-state index in [2.05, 4.69) is 21.7 Å². The van der Waals surface area contributed by atoms with Crippen LogP contribution in [0.15, 0.2) is 18.5 Å². The SMILES string of the molecule is CC(=O)NCC[C@H]1C[C@H]1Cc1cncc(OC[C@@H]2CCN2)c1. The number of ether oxygens (including phenoxy) is 1. The van der Waals surface area contributed by atoms with Gasteiger partial charge in [-0.15, -0.1) is 0 Å². The van der Waals surface area contributed by atoms with Crippen LogP contribution in [0.25, 0.3) is 0 Å². The summed E-state index contributed by atoms with van der Waals surface area (Å²) in [6.07, 6.45) is 8.35. The van der Waals surface area contributed by atoms with E-state index in [4.69, 9.17) is 4.74 Å². The Morgan fingerprint density at radius 1 is 1.45 bits per heavy atom. The Morgan fingerprint density at radius 2 is 2.32 bits per heavy atom. The van der Waals surface area contributed by atoms with E-state index in [1.54, 1.807) is 13.1 Å². The van der Waals surface area contributed by atoms with Crippen LogP contribution >= 0.6 is 0 Å². The number of aromatic nitrogens is 1. The van der Waals surface area contributed by atoms with Gasteiger partial charge in [-0.3, -0.25) is 9.78 Å². The average molecular weight is 303 g/mol. The van der Waals surface area contributed by atoms with Crippen molar-refractivity contribution in [1.29, 1.82) is 0 Å². The van der Waals surface area contributed by atoms with Crippen LogP contribution in [-0.4, -0.2) is 36.6 Å². The van der Waals surface area contributed by atoms with Gasteiger partial charge in [0, 0.05) is 25.7 Å². The van der Waals surface area contributed by atoms with Gasteiger partial charge < -0.3 is 15.4 Å². The predicted molar refractivity (Wildman–Crippen MR) is 84.7 cm³/mol. The van der Waals surface area contributed by atoms with Crippen molar-refractivity contribution >= 4 is 5.91 Å². The number of hydrogen-bond acceptors (Lipinski definition) is 4. The molecule has 22 heavy (non-hydrogen) atoms. The largest absolute Gasteiger partial charge is 0.490 e. The minimum Gasteiger partial charge on any atom is -0.490 e. The number of carbonyl (C=O) groups is 1. The Morgan fingerprint density at radius 3 is 3.05 bits per heavy atom. The lowest BCUT2D eigenvalue weighted by Gasteiger charge is -2.27. The summed E-state index contributed by atoms with van der Waals surface area (Å²) >= 11 is 0. The number of pyridine rings is 1. The van der Waals surface area contributed by atoms with E-state index in [1.807, 2.05) is 6.20 Å². The Labute approximate surface area is 131 Å². The fraction of sp³-hybridized carbons (Fsp3) is 0.647. The maximum Gasteiger partial charge on any atom is 0.216 e. The molecule has 1 aromatic heterocycles. The molecule has 2 fully saturated rings.